The lowest BCUT2D eigenvalue weighted by Crippen LogP contribution is -2.19. The molecule has 0 saturated carbocycles. The molecule has 108 valence electrons. The molecule has 1 amide bonds. The van der Waals surface area contributed by atoms with Gasteiger partial charge in [0.2, 0.25) is 5.91 Å². The second kappa shape index (κ2) is 6.23. The molecule has 0 radical (unpaired) electrons. The van der Waals surface area contributed by atoms with Crippen molar-refractivity contribution in [3.05, 3.63) is 27.8 Å². The molecule has 0 aliphatic carbocycles. The molecule has 1 unspecified atom stereocenters. The Bertz CT molecular complexity index is 547. The molecule has 1 aromatic rings. The van der Waals surface area contributed by atoms with Crippen LogP contribution in [0.5, 0.6) is 0 Å². The van der Waals surface area contributed by atoms with Gasteiger partial charge in [0.05, 0.1) is 15.5 Å². The molecule has 1 aliphatic heterocycles. The quantitative estimate of drug-likeness (QED) is 0.494. The van der Waals surface area contributed by atoms with Crippen LogP contribution in [0, 0.1) is 10.1 Å². The van der Waals surface area contributed by atoms with Gasteiger partial charge in [0.15, 0.2) is 0 Å². The normalized spacial score (nSPS) is 15.4. The highest BCUT2D eigenvalue weighted by Crippen LogP contribution is 2.38. The van der Waals surface area contributed by atoms with Crippen LogP contribution in [0.4, 0.5) is 11.4 Å². The fraction of sp³-hybridized carbons (Fsp3) is 0.462. The van der Waals surface area contributed by atoms with E-state index in [4.69, 9.17) is 5.11 Å². The number of aliphatic hydroxyl groups is 1. The van der Waals surface area contributed by atoms with Crippen LogP contribution in [-0.2, 0) is 11.2 Å². The van der Waals surface area contributed by atoms with Crippen molar-refractivity contribution >= 4 is 29.0 Å². The number of hydrogen-bond acceptors (Lipinski definition) is 5. The number of thioether (sulfide) groups is 1. The first-order valence-corrected chi connectivity index (χ1v) is 7.28. The highest BCUT2D eigenvalue weighted by Gasteiger charge is 2.23. The second-order valence-electron chi connectivity index (χ2n) is 4.72. The zero-order valence-corrected chi connectivity index (χ0v) is 11.9. The molecule has 1 heterocycles. The van der Waals surface area contributed by atoms with Crippen LogP contribution in [0.3, 0.4) is 0 Å². The molecule has 7 heteroatoms. The van der Waals surface area contributed by atoms with Crippen molar-refractivity contribution < 1.29 is 14.8 Å². The summed E-state index contributed by atoms with van der Waals surface area (Å²) in [6, 6.07) is 3.21. The summed E-state index contributed by atoms with van der Waals surface area (Å²) in [6.45, 7) is 1.98. The monoisotopic (exact) mass is 296 g/mol. The summed E-state index contributed by atoms with van der Waals surface area (Å²) in [4.78, 5) is 22.7. The van der Waals surface area contributed by atoms with Crippen molar-refractivity contribution in [2.24, 2.45) is 0 Å². The number of carbonyl (C=O) groups is 1. The lowest BCUT2D eigenvalue weighted by Gasteiger charge is -2.18. The molecule has 0 spiro atoms. The van der Waals surface area contributed by atoms with Crippen LogP contribution < -0.4 is 5.32 Å². The average Bonchev–Trinajstić information content (AvgIpc) is 2.38. The Kier molecular flexibility index (Phi) is 4.61. The lowest BCUT2D eigenvalue weighted by atomic mass is 10.0. The van der Waals surface area contributed by atoms with Crippen LogP contribution in [0.1, 0.15) is 25.3 Å². The third kappa shape index (κ3) is 3.29. The summed E-state index contributed by atoms with van der Waals surface area (Å²) in [5.74, 6) is -0.110. The Balaban J connectivity index is 2.35. The number of aryl methyl sites for hydroxylation is 1. The van der Waals surface area contributed by atoms with E-state index < -0.39 is 4.92 Å². The Labute approximate surface area is 120 Å². The number of anilines is 1. The maximum absolute atomic E-state index is 11.3. The summed E-state index contributed by atoms with van der Waals surface area (Å²) in [6.07, 6.45) is 1.58. The van der Waals surface area contributed by atoms with Gasteiger partial charge in [-0.25, -0.2) is 0 Å². The number of fused-ring (bicyclic) bond motifs is 1. The predicted octanol–water partition coefficient (Wildman–Crippen LogP) is 2.34. The molecule has 1 aromatic carbocycles. The summed E-state index contributed by atoms with van der Waals surface area (Å²) in [7, 11) is 0. The van der Waals surface area contributed by atoms with Crippen molar-refractivity contribution in [3.8, 4) is 0 Å². The first kappa shape index (κ1) is 14.8. The molecule has 2 rings (SSSR count). The highest BCUT2D eigenvalue weighted by molar-refractivity contribution is 8.00. The minimum atomic E-state index is -0.435. The Morgan fingerprint density at radius 2 is 2.25 bits per heavy atom. The van der Waals surface area contributed by atoms with E-state index in [0.29, 0.717) is 29.8 Å². The molecule has 0 bridgehead atoms. The molecule has 20 heavy (non-hydrogen) atoms. The maximum atomic E-state index is 11.3. The van der Waals surface area contributed by atoms with Gasteiger partial charge >= 0.3 is 0 Å². The number of carbonyl (C=O) groups excluding carboxylic acids is 1. The first-order valence-electron chi connectivity index (χ1n) is 6.40. The molecule has 6 nitrogen and oxygen atoms in total. The number of amides is 1. The van der Waals surface area contributed by atoms with Gasteiger partial charge in [0.25, 0.3) is 5.69 Å². The molecular formula is C13H16N2O4S. The topological polar surface area (TPSA) is 92.5 Å². The van der Waals surface area contributed by atoms with Gasteiger partial charge in [-0.2, -0.15) is 0 Å². The van der Waals surface area contributed by atoms with E-state index in [2.05, 4.69) is 5.32 Å². The minimum Gasteiger partial charge on any atom is -0.396 e. The summed E-state index contributed by atoms with van der Waals surface area (Å²) < 4.78 is 0. The number of nitro groups is 1. The van der Waals surface area contributed by atoms with Crippen molar-refractivity contribution in [1.82, 2.24) is 0 Å². The van der Waals surface area contributed by atoms with Gasteiger partial charge in [-0.15, -0.1) is 11.8 Å². The van der Waals surface area contributed by atoms with Crippen LogP contribution in [-0.4, -0.2) is 27.8 Å². The number of nitrogens with one attached hydrogen (secondary N) is 1. The van der Waals surface area contributed by atoms with Crippen molar-refractivity contribution in [2.45, 2.75) is 36.3 Å². The molecule has 1 atom stereocenters. The smallest absolute Gasteiger partial charge is 0.284 e. The number of rotatable bonds is 5. The number of nitro benzene ring substituents is 1. The minimum absolute atomic E-state index is 0.000685. The van der Waals surface area contributed by atoms with Crippen LogP contribution in [0.2, 0.25) is 0 Å². The predicted molar refractivity (Wildman–Crippen MR) is 77.1 cm³/mol. The lowest BCUT2D eigenvalue weighted by molar-refractivity contribution is -0.387. The Morgan fingerprint density at radius 3 is 2.90 bits per heavy atom. The third-order valence-corrected chi connectivity index (χ3v) is 4.36. The summed E-state index contributed by atoms with van der Waals surface area (Å²) in [5, 5.41) is 22.8. The standard InChI is InChI=1S/C13H16N2O4S/c1-8(4-5-16)20-12-6-9-2-3-13(17)14-10(9)7-11(12)15(18)19/h6-8,16H,2-5H2,1H3,(H,14,17). The number of hydrogen-bond donors (Lipinski definition) is 2. The number of nitrogens with zero attached hydrogens (tertiary/aromatic N) is 1. The zero-order valence-electron chi connectivity index (χ0n) is 11.1. The van der Waals surface area contributed by atoms with E-state index in [1.54, 1.807) is 6.07 Å². The van der Waals surface area contributed by atoms with E-state index >= 15 is 0 Å². The van der Waals surface area contributed by atoms with Gasteiger partial charge in [0, 0.05) is 24.3 Å². The summed E-state index contributed by atoms with van der Waals surface area (Å²) in [5.41, 5.74) is 1.46. The van der Waals surface area contributed by atoms with E-state index in [1.807, 2.05) is 6.92 Å². The van der Waals surface area contributed by atoms with Crippen LogP contribution in [0.25, 0.3) is 0 Å². The Morgan fingerprint density at radius 1 is 1.50 bits per heavy atom. The van der Waals surface area contributed by atoms with E-state index in [0.717, 1.165) is 5.56 Å². The fourth-order valence-electron chi connectivity index (χ4n) is 2.09. The van der Waals surface area contributed by atoms with Crippen LogP contribution >= 0.6 is 11.8 Å². The SMILES string of the molecule is CC(CCO)Sc1cc2c(cc1[N+](=O)[O-])NC(=O)CC2. The fourth-order valence-corrected chi connectivity index (χ4v) is 3.21. The van der Waals surface area contributed by atoms with E-state index in [-0.39, 0.29) is 23.5 Å². The maximum Gasteiger partial charge on any atom is 0.284 e. The molecule has 1 aliphatic rings. The Hall–Kier alpha value is -1.60. The van der Waals surface area contributed by atoms with Gasteiger partial charge < -0.3 is 10.4 Å². The summed E-state index contributed by atoms with van der Waals surface area (Å²) >= 11 is 1.38. The van der Waals surface area contributed by atoms with Crippen molar-refractivity contribution in [2.75, 3.05) is 11.9 Å². The van der Waals surface area contributed by atoms with Crippen molar-refractivity contribution in [3.63, 3.8) is 0 Å². The molecule has 0 aromatic heterocycles. The zero-order chi connectivity index (χ0) is 14.7. The van der Waals surface area contributed by atoms with Gasteiger partial charge in [-0.05, 0) is 24.5 Å². The molecule has 0 fully saturated rings. The largest absolute Gasteiger partial charge is 0.396 e. The average molecular weight is 296 g/mol. The number of benzene rings is 1. The van der Waals surface area contributed by atoms with Gasteiger partial charge in [-0.1, -0.05) is 6.92 Å². The van der Waals surface area contributed by atoms with Gasteiger partial charge in [0.1, 0.15) is 0 Å². The first-order chi connectivity index (χ1) is 9.51. The van der Waals surface area contributed by atoms with Crippen molar-refractivity contribution in [1.29, 1.82) is 0 Å². The molecule has 0 saturated heterocycles. The van der Waals surface area contributed by atoms with Gasteiger partial charge in [-0.3, -0.25) is 14.9 Å². The van der Waals surface area contributed by atoms with E-state index in [9.17, 15) is 14.9 Å². The number of aliphatic hydroxyl groups excluding tert-OH is 1. The third-order valence-electron chi connectivity index (χ3n) is 3.14. The van der Waals surface area contributed by atoms with Crippen LogP contribution in [0.15, 0.2) is 17.0 Å². The van der Waals surface area contributed by atoms with E-state index in [1.165, 1.54) is 17.8 Å². The molecule has 2 N–H and O–H groups in total. The highest BCUT2D eigenvalue weighted by atomic mass is 32.2. The molecular weight excluding hydrogens is 280 g/mol. The second-order valence-corrected chi connectivity index (χ2v) is 6.20.